The van der Waals surface area contributed by atoms with Gasteiger partial charge in [-0.25, -0.2) is 4.79 Å². The van der Waals surface area contributed by atoms with Crippen molar-refractivity contribution < 1.29 is 19.4 Å². The number of aliphatic hydroxyl groups excluding tert-OH is 1. The third-order valence-corrected chi connectivity index (χ3v) is 8.05. The molecule has 2 aromatic carbocycles. The van der Waals surface area contributed by atoms with Gasteiger partial charge in [0.1, 0.15) is 0 Å². The Labute approximate surface area is 236 Å². The minimum Gasteiger partial charge on any atom is -0.462 e. The lowest BCUT2D eigenvalue weighted by Gasteiger charge is -2.17. The second-order valence-electron chi connectivity index (χ2n) is 10.7. The molecule has 2 saturated carbocycles. The van der Waals surface area contributed by atoms with E-state index in [0.29, 0.717) is 31.0 Å². The second kappa shape index (κ2) is 14.8. The fourth-order valence-corrected chi connectivity index (χ4v) is 5.95. The van der Waals surface area contributed by atoms with Gasteiger partial charge in [-0.2, -0.15) is 0 Å². The van der Waals surface area contributed by atoms with Crippen LogP contribution in [0.1, 0.15) is 36.8 Å². The van der Waals surface area contributed by atoms with Gasteiger partial charge in [0, 0.05) is 12.7 Å². The number of carbonyl (C=O) groups excluding carboxylic acids is 2. The van der Waals surface area contributed by atoms with E-state index in [1.54, 1.807) is 12.2 Å². The predicted octanol–water partition coefficient (Wildman–Crippen LogP) is 7.11. The molecule has 2 fully saturated rings. The molecule has 204 valence electrons. The van der Waals surface area contributed by atoms with Crippen molar-refractivity contribution >= 4 is 35.0 Å². The molecule has 0 spiro atoms. The number of hydrogen-bond donors (Lipinski definition) is 1. The Morgan fingerprint density at radius 1 is 0.744 bits per heavy atom. The summed E-state index contributed by atoms with van der Waals surface area (Å²) in [5.41, 5.74) is 1.99. The van der Waals surface area contributed by atoms with E-state index < -0.39 is 5.24 Å². The highest BCUT2D eigenvalue weighted by atomic mass is 35.5. The Morgan fingerprint density at radius 3 is 1.67 bits per heavy atom. The maximum Gasteiger partial charge on any atom is 0.330 e. The van der Waals surface area contributed by atoms with Crippen LogP contribution in [0.2, 0.25) is 0 Å². The lowest BCUT2D eigenvalue weighted by molar-refractivity contribution is -0.139. The summed E-state index contributed by atoms with van der Waals surface area (Å²) in [5.74, 6) is 3.79. The van der Waals surface area contributed by atoms with Crippen molar-refractivity contribution in [1.82, 2.24) is 0 Å². The van der Waals surface area contributed by atoms with Gasteiger partial charge in [-0.05, 0) is 96.1 Å². The zero-order valence-electron chi connectivity index (χ0n) is 22.1. The molecule has 0 amide bonds. The van der Waals surface area contributed by atoms with Gasteiger partial charge in [0.2, 0.25) is 5.24 Å². The second-order valence-corrected chi connectivity index (χ2v) is 11.1. The van der Waals surface area contributed by atoms with Crippen molar-refractivity contribution in [2.24, 2.45) is 35.5 Å². The highest BCUT2D eigenvalue weighted by Gasteiger charge is 2.36. The van der Waals surface area contributed by atoms with Crippen LogP contribution in [0.25, 0.3) is 12.2 Å². The normalized spacial score (nSPS) is 27.3. The maximum atomic E-state index is 11.7. The monoisotopic (exact) mass is 544 g/mol. The van der Waals surface area contributed by atoms with E-state index in [4.69, 9.17) is 21.4 Å². The van der Waals surface area contributed by atoms with Gasteiger partial charge in [0.15, 0.2) is 0 Å². The summed E-state index contributed by atoms with van der Waals surface area (Å²) in [4.78, 5) is 21.9. The highest BCUT2D eigenvalue weighted by molar-refractivity contribution is 6.66. The van der Waals surface area contributed by atoms with Gasteiger partial charge in [0.05, 0.1) is 6.61 Å². The molecule has 6 unspecified atom stereocenters. The molecule has 6 atom stereocenters. The highest BCUT2D eigenvalue weighted by Crippen LogP contribution is 2.43. The number of aliphatic hydroxyl groups is 1. The Balaban J connectivity index is 0.000000149. The van der Waals surface area contributed by atoms with E-state index in [0.717, 1.165) is 28.9 Å². The van der Waals surface area contributed by atoms with E-state index in [2.05, 4.69) is 24.3 Å². The van der Waals surface area contributed by atoms with Gasteiger partial charge in [-0.15, -0.1) is 0 Å². The molecule has 39 heavy (non-hydrogen) atoms. The lowest BCUT2D eigenvalue weighted by Crippen LogP contribution is -2.16. The Kier molecular flexibility index (Phi) is 10.9. The number of allylic oxidation sites excluding steroid dienone is 5. The average Bonchev–Trinajstić information content (AvgIpc) is 3.79. The number of rotatable bonds is 7. The van der Waals surface area contributed by atoms with Crippen molar-refractivity contribution in [3.63, 3.8) is 0 Å². The number of esters is 1. The summed E-state index contributed by atoms with van der Waals surface area (Å²) >= 11 is 5.10. The van der Waals surface area contributed by atoms with Crippen LogP contribution in [0.15, 0.2) is 97.1 Å². The molecule has 0 saturated heterocycles. The molecule has 6 rings (SSSR count). The van der Waals surface area contributed by atoms with Crippen LogP contribution in [0, 0.1) is 35.5 Å². The first-order valence-electron chi connectivity index (χ1n) is 13.8. The van der Waals surface area contributed by atoms with Crippen LogP contribution in [-0.4, -0.2) is 29.5 Å². The van der Waals surface area contributed by atoms with E-state index in [1.165, 1.54) is 37.8 Å². The standard InChI is InChI=1S/C17H18O2.C9H7ClO.C8H12O/c18-17(9-7-13-4-2-1-3-5-13)19-12-16-11-14-6-8-15(16)10-14;10-9(11)7-6-8-4-2-1-3-5-8;9-5-8-4-6-1-2-7(8)3-6/h1-9,14-16H,10-12H2;1-7H;1-2,6-9H,3-5H2/b9-7+;7-6+;. The van der Waals surface area contributed by atoms with E-state index in [9.17, 15) is 9.59 Å². The number of halogens is 1. The number of benzene rings is 2. The summed E-state index contributed by atoms with van der Waals surface area (Å²) in [6.07, 6.45) is 20.5. The van der Waals surface area contributed by atoms with Crippen molar-refractivity contribution in [2.45, 2.75) is 25.7 Å². The van der Waals surface area contributed by atoms with Crippen LogP contribution < -0.4 is 0 Å². The molecule has 0 aromatic heterocycles. The predicted molar refractivity (Wildman–Crippen MR) is 158 cm³/mol. The summed E-state index contributed by atoms with van der Waals surface area (Å²) < 4.78 is 5.34. The summed E-state index contributed by atoms with van der Waals surface area (Å²) in [5, 5.41) is 8.40. The zero-order valence-corrected chi connectivity index (χ0v) is 22.9. The third-order valence-electron chi connectivity index (χ3n) is 7.92. The number of fused-ring (bicyclic) bond motifs is 4. The average molecular weight is 545 g/mol. The molecule has 0 aliphatic heterocycles. The molecule has 0 radical (unpaired) electrons. The largest absolute Gasteiger partial charge is 0.462 e. The fourth-order valence-electron chi connectivity index (χ4n) is 5.88. The number of ether oxygens (including phenoxy) is 1. The Bertz CT molecular complexity index is 1180. The first kappa shape index (κ1) is 28.8. The fraction of sp³-hybridized carbons (Fsp3) is 0.353. The maximum absolute atomic E-state index is 11.7. The zero-order chi connectivity index (χ0) is 27.5. The van der Waals surface area contributed by atoms with Crippen LogP contribution in [0.5, 0.6) is 0 Å². The van der Waals surface area contributed by atoms with E-state index in [-0.39, 0.29) is 5.97 Å². The molecule has 5 heteroatoms. The van der Waals surface area contributed by atoms with Gasteiger partial charge >= 0.3 is 5.97 Å². The summed E-state index contributed by atoms with van der Waals surface area (Å²) in [6, 6.07) is 19.3. The molecule has 1 N–H and O–H groups in total. The van der Waals surface area contributed by atoms with Crippen LogP contribution in [0.3, 0.4) is 0 Å². The van der Waals surface area contributed by atoms with Crippen LogP contribution in [-0.2, 0) is 14.3 Å². The molecule has 4 bridgehead atoms. The van der Waals surface area contributed by atoms with Crippen molar-refractivity contribution in [1.29, 1.82) is 0 Å². The molecular weight excluding hydrogens is 508 g/mol. The minimum atomic E-state index is -0.450. The molecule has 4 nitrogen and oxygen atoms in total. The Hall–Kier alpha value is -3.21. The van der Waals surface area contributed by atoms with Gasteiger partial charge in [0.25, 0.3) is 0 Å². The molecule has 2 aromatic rings. The van der Waals surface area contributed by atoms with Crippen molar-refractivity contribution in [3.8, 4) is 0 Å². The first-order valence-corrected chi connectivity index (χ1v) is 14.2. The molecule has 0 heterocycles. The summed E-state index contributed by atoms with van der Waals surface area (Å²) in [6.45, 7) is 0.953. The number of carbonyl (C=O) groups is 2. The van der Waals surface area contributed by atoms with E-state index in [1.807, 2.05) is 60.7 Å². The third kappa shape index (κ3) is 9.19. The van der Waals surface area contributed by atoms with E-state index >= 15 is 0 Å². The smallest absolute Gasteiger partial charge is 0.330 e. The lowest BCUT2D eigenvalue weighted by atomic mass is 9.95. The van der Waals surface area contributed by atoms with Gasteiger partial charge in [-0.1, -0.05) is 91.0 Å². The van der Waals surface area contributed by atoms with Crippen LogP contribution >= 0.6 is 11.6 Å². The van der Waals surface area contributed by atoms with Crippen molar-refractivity contribution in [2.75, 3.05) is 13.2 Å². The quantitative estimate of drug-likeness (QED) is 0.174. The molecule has 4 aliphatic carbocycles. The Morgan fingerprint density at radius 2 is 1.26 bits per heavy atom. The SMILES string of the molecule is O=C(/C=C/c1ccccc1)OCC1CC2C=CC1C2.O=C(Cl)/C=C/c1ccccc1.OCC1CC2C=CC1C2. The molecular formula is C34H37ClO4. The first-order chi connectivity index (χ1) is 19.0. The minimum absolute atomic E-state index is 0.240. The van der Waals surface area contributed by atoms with Gasteiger partial charge < -0.3 is 9.84 Å². The summed E-state index contributed by atoms with van der Waals surface area (Å²) in [7, 11) is 0. The molecule has 4 aliphatic rings. The van der Waals surface area contributed by atoms with Gasteiger partial charge in [-0.3, -0.25) is 4.79 Å². The topological polar surface area (TPSA) is 63.6 Å². The number of hydrogen-bond acceptors (Lipinski definition) is 4. The van der Waals surface area contributed by atoms with Crippen molar-refractivity contribution in [3.05, 3.63) is 108 Å². The van der Waals surface area contributed by atoms with Crippen LogP contribution in [0.4, 0.5) is 0 Å².